The third-order valence-electron chi connectivity index (χ3n) is 4.81. The van der Waals surface area contributed by atoms with E-state index in [1.54, 1.807) is 0 Å². The largest absolute Gasteiger partial charge is 0.378 e. The first kappa shape index (κ1) is 15.6. The van der Waals surface area contributed by atoms with Crippen molar-refractivity contribution in [1.82, 2.24) is 9.55 Å². The van der Waals surface area contributed by atoms with Crippen molar-refractivity contribution in [3.8, 4) is 0 Å². The molecule has 0 aliphatic carbocycles. The van der Waals surface area contributed by atoms with Gasteiger partial charge >= 0.3 is 0 Å². The van der Waals surface area contributed by atoms with Gasteiger partial charge in [0.2, 0.25) is 0 Å². The number of anilines is 1. The van der Waals surface area contributed by atoms with E-state index in [2.05, 4.69) is 4.98 Å². The lowest BCUT2D eigenvalue weighted by Gasteiger charge is -2.29. The maximum atomic E-state index is 13.1. The van der Waals surface area contributed by atoms with Crippen molar-refractivity contribution in [1.29, 1.82) is 0 Å². The maximum Gasteiger partial charge on any atom is 0.294 e. The first-order chi connectivity index (χ1) is 11.8. The van der Waals surface area contributed by atoms with Crippen molar-refractivity contribution < 1.29 is 9.47 Å². The lowest BCUT2D eigenvalue weighted by molar-refractivity contribution is 0.00614. The molecule has 0 N–H and O–H groups in total. The zero-order chi connectivity index (χ0) is 16.4. The van der Waals surface area contributed by atoms with Gasteiger partial charge in [0.1, 0.15) is 0 Å². The Morgan fingerprint density at radius 2 is 1.96 bits per heavy atom. The lowest BCUT2D eigenvalue weighted by Crippen LogP contribution is -2.42. The van der Waals surface area contributed by atoms with E-state index in [1.165, 1.54) is 6.42 Å². The summed E-state index contributed by atoms with van der Waals surface area (Å²) in [5.74, 6) is 0.535. The average molecular weight is 329 g/mol. The molecule has 2 fully saturated rings. The van der Waals surface area contributed by atoms with Crippen LogP contribution in [0.1, 0.15) is 19.3 Å². The minimum atomic E-state index is -0.0234. The molecular weight excluding hydrogens is 306 g/mol. The summed E-state index contributed by atoms with van der Waals surface area (Å²) in [5.41, 5.74) is 1.72. The Balaban J connectivity index is 1.77. The van der Waals surface area contributed by atoms with Crippen LogP contribution in [0, 0.1) is 0 Å². The van der Waals surface area contributed by atoms with Crippen LogP contribution in [0.4, 0.5) is 5.82 Å². The van der Waals surface area contributed by atoms with Crippen molar-refractivity contribution >= 4 is 16.9 Å². The van der Waals surface area contributed by atoms with Crippen LogP contribution in [-0.2, 0) is 16.0 Å². The minimum Gasteiger partial charge on any atom is -0.378 e. The molecule has 0 saturated carbocycles. The number of nitrogens with zero attached hydrogens (tertiary/aromatic N) is 3. The smallest absolute Gasteiger partial charge is 0.294 e. The third kappa shape index (κ3) is 3.03. The molecule has 6 nitrogen and oxygen atoms in total. The van der Waals surface area contributed by atoms with Crippen LogP contribution in [0.2, 0.25) is 0 Å². The topological polar surface area (TPSA) is 56.6 Å². The van der Waals surface area contributed by atoms with Gasteiger partial charge < -0.3 is 18.9 Å². The number of para-hydroxylation sites is 2. The molecule has 0 unspecified atom stereocenters. The van der Waals surface area contributed by atoms with Crippen LogP contribution in [0.3, 0.4) is 0 Å². The fraction of sp³-hybridized carbons (Fsp3) is 0.556. The standard InChI is InChI=1S/C18H23N3O3/c22-18-17(20-8-11-23-12-9-20)19-15-6-1-2-7-16(15)21(18)13-14-5-3-4-10-24-14/h1-2,6-7,14H,3-5,8-13H2/t14-/m1/s1. The third-order valence-corrected chi connectivity index (χ3v) is 4.81. The maximum absolute atomic E-state index is 13.1. The molecule has 0 radical (unpaired) electrons. The molecule has 2 aliphatic heterocycles. The summed E-state index contributed by atoms with van der Waals surface area (Å²) >= 11 is 0. The number of rotatable bonds is 3. The summed E-state index contributed by atoms with van der Waals surface area (Å²) in [6.07, 6.45) is 3.40. The molecule has 128 valence electrons. The fourth-order valence-electron chi connectivity index (χ4n) is 3.50. The van der Waals surface area contributed by atoms with Gasteiger partial charge in [0, 0.05) is 19.7 Å². The Labute approximate surface area is 141 Å². The molecule has 24 heavy (non-hydrogen) atoms. The van der Waals surface area contributed by atoms with E-state index < -0.39 is 0 Å². The summed E-state index contributed by atoms with van der Waals surface area (Å²) in [6, 6.07) is 7.85. The molecule has 2 saturated heterocycles. The summed E-state index contributed by atoms with van der Waals surface area (Å²) in [5, 5.41) is 0. The van der Waals surface area contributed by atoms with Crippen LogP contribution < -0.4 is 10.5 Å². The highest BCUT2D eigenvalue weighted by Crippen LogP contribution is 2.19. The summed E-state index contributed by atoms with van der Waals surface area (Å²) < 4.78 is 13.1. The van der Waals surface area contributed by atoms with E-state index in [0.717, 1.165) is 30.5 Å². The number of hydrogen-bond donors (Lipinski definition) is 0. The van der Waals surface area contributed by atoms with Crippen molar-refractivity contribution in [2.45, 2.75) is 31.9 Å². The van der Waals surface area contributed by atoms with Crippen LogP contribution in [0.15, 0.2) is 29.1 Å². The molecule has 2 aliphatic rings. The van der Waals surface area contributed by atoms with Crippen LogP contribution in [0.25, 0.3) is 11.0 Å². The summed E-state index contributed by atoms with van der Waals surface area (Å²) in [4.78, 5) is 19.8. The Morgan fingerprint density at radius 3 is 2.75 bits per heavy atom. The second-order valence-electron chi connectivity index (χ2n) is 6.43. The monoisotopic (exact) mass is 329 g/mol. The molecular formula is C18H23N3O3. The Bertz CT molecular complexity index is 762. The van der Waals surface area contributed by atoms with Crippen LogP contribution in [-0.4, -0.2) is 48.6 Å². The number of ether oxygens (including phenoxy) is 2. The molecule has 1 aromatic heterocycles. The SMILES string of the molecule is O=c1c(N2CCOCC2)nc2ccccc2n1C[C@H]1CCCCO1. The van der Waals surface area contributed by atoms with E-state index in [9.17, 15) is 4.79 Å². The predicted octanol–water partition coefficient (Wildman–Crippen LogP) is 1.80. The van der Waals surface area contributed by atoms with Gasteiger partial charge in [-0.05, 0) is 31.4 Å². The number of aromatic nitrogens is 2. The highest BCUT2D eigenvalue weighted by atomic mass is 16.5. The van der Waals surface area contributed by atoms with Crippen LogP contribution in [0.5, 0.6) is 0 Å². The molecule has 1 aromatic carbocycles. The van der Waals surface area contributed by atoms with Gasteiger partial charge in [-0.1, -0.05) is 12.1 Å². The van der Waals surface area contributed by atoms with Gasteiger partial charge in [-0.3, -0.25) is 4.79 Å². The second-order valence-corrected chi connectivity index (χ2v) is 6.43. The molecule has 4 rings (SSSR count). The normalized spacial score (nSPS) is 22.0. The molecule has 2 aromatic rings. The highest BCUT2D eigenvalue weighted by molar-refractivity contribution is 5.76. The van der Waals surface area contributed by atoms with E-state index in [4.69, 9.17) is 9.47 Å². The second kappa shape index (κ2) is 6.91. The van der Waals surface area contributed by atoms with Crippen molar-refractivity contribution in [2.24, 2.45) is 0 Å². The number of morpholine rings is 1. The van der Waals surface area contributed by atoms with Crippen LogP contribution >= 0.6 is 0 Å². The van der Waals surface area contributed by atoms with Gasteiger partial charge in [0.15, 0.2) is 5.82 Å². The minimum absolute atomic E-state index is 0.0234. The van der Waals surface area contributed by atoms with Gasteiger partial charge in [0.05, 0.1) is 36.9 Å². The zero-order valence-corrected chi connectivity index (χ0v) is 13.8. The highest BCUT2D eigenvalue weighted by Gasteiger charge is 2.22. The average Bonchev–Trinajstić information content (AvgIpc) is 2.65. The Morgan fingerprint density at radius 1 is 1.12 bits per heavy atom. The Kier molecular flexibility index (Phi) is 4.49. The molecule has 0 bridgehead atoms. The van der Waals surface area contributed by atoms with E-state index in [0.29, 0.717) is 38.7 Å². The quantitative estimate of drug-likeness (QED) is 0.859. The number of hydrogen-bond acceptors (Lipinski definition) is 5. The van der Waals surface area contributed by atoms with E-state index >= 15 is 0 Å². The molecule has 1 atom stereocenters. The van der Waals surface area contributed by atoms with Gasteiger partial charge in [0.25, 0.3) is 5.56 Å². The molecule has 3 heterocycles. The number of fused-ring (bicyclic) bond motifs is 1. The predicted molar refractivity (Wildman–Crippen MR) is 92.6 cm³/mol. The van der Waals surface area contributed by atoms with Crippen molar-refractivity contribution in [2.75, 3.05) is 37.8 Å². The van der Waals surface area contributed by atoms with Crippen molar-refractivity contribution in [3.63, 3.8) is 0 Å². The van der Waals surface area contributed by atoms with Crippen molar-refractivity contribution in [3.05, 3.63) is 34.6 Å². The first-order valence-electron chi connectivity index (χ1n) is 8.77. The molecule has 0 amide bonds. The zero-order valence-electron chi connectivity index (χ0n) is 13.8. The summed E-state index contributed by atoms with van der Waals surface area (Å²) in [7, 11) is 0. The molecule has 0 spiro atoms. The van der Waals surface area contributed by atoms with Gasteiger partial charge in [-0.2, -0.15) is 0 Å². The van der Waals surface area contributed by atoms with Gasteiger partial charge in [-0.15, -0.1) is 0 Å². The van der Waals surface area contributed by atoms with E-state index in [1.807, 2.05) is 33.7 Å². The first-order valence-corrected chi connectivity index (χ1v) is 8.77. The van der Waals surface area contributed by atoms with Gasteiger partial charge in [-0.25, -0.2) is 4.98 Å². The molecule has 6 heteroatoms. The summed E-state index contributed by atoms with van der Waals surface area (Å²) in [6.45, 7) is 4.08. The van der Waals surface area contributed by atoms with E-state index in [-0.39, 0.29) is 11.7 Å². The Hall–Kier alpha value is -1.92. The lowest BCUT2D eigenvalue weighted by atomic mass is 10.1. The fourth-order valence-corrected chi connectivity index (χ4v) is 3.50. The number of benzene rings is 1.